The molecule has 6 heteroatoms. The molecule has 0 saturated carbocycles. The molecule has 3 atom stereocenters. The Balaban J connectivity index is 1.80. The monoisotopic (exact) mass is 269 g/mol. The van der Waals surface area contributed by atoms with Crippen molar-refractivity contribution in [2.24, 2.45) is 13.0 Å². The third-order valence-electron chi connectivity index (χ3n) is 3.62. The topological polar surface area (TPSA) is 68.5 Å². The molecule has 19 heavy (non-hydrogen) atoms. The summed E-state index contributed by atoms with van der Waals surface area (Å²) in [7, 11) is 3.52. The fraction of sp³-hybridized carbons (Fsp3) is 0.769. The Bertz CT molecular complexity index is 408. The van der Waals surface area contributed by atoms with Crippen LogP contribution >= 0.6 is 0 Å². The molecule has 1 fully saturated rings. The maximum Gasteiger partial charge on any atom is 0.107 e. The van der Waals surface area contributed by atoms with Crippen molar-refractivity contribution >= 4 is 0 Å². The molecule has 1 aromatic rings. The van der Waals surface area contributed by atoms with Gasteiger partial charge in [-0.15, -0.1) is 0 Å². The minimum absolute atomic E-state index is 0.0654. The summed E-state index contributed by atoms with van der Waals surface area (Å²) in [5.74, 6) is 0.0654. The van der Waals surface area contributed by atoms with Crippen LogP contribution in [0.25, 0.3) is 0 Å². The van der Waals surface area contributed by atoms with Gasteiger partial charge in [0.15, 0.2) is 0 Å². The van der Waals surface area contributed by atoms with Gasteiger partial charge in [-0.2, -0.15) is 5.10 Å². The normalized spacial score (nSPS) is 27.7. The van der Waals surface area contributed by atoms with Gasteiger partial charge < -0.3 is 19.9 Å². The van der Waals surface area contributed by atoms with Gasteiger partial charge in [0.1, 0.15) is 6.10 Å². The second kappa shape index (κ2) is 6.47. The predicted octanol–water partition coefficient (Wildman–Crippen LogP) is -0.160. The highest BCUT2D eigenvalue weighted by molar-refractivity contribution is 5.14. The number of aromatic nitrogens is 2. The Hall–Kier alpha value is -0.950. The number of nitrogens with zero attached hydrogens (tertiary/aromatic N) is 2. The first-order chi connectivity index (χ1) is 9.11. The summed E-state index contributed by atoms with van der Waals surface area (Å²) in [5.41, 5.74) is 2.21. The van der Waals surface area contributed by atoms with Crippen LogP contribution in [0.1, 0.15) is 11.3 Å². The minimum Gasteiger partial charge on any atom is -0.390 e. The zero-order valence-electron chi connectivity index (χ0n) is 11.8. The number of aliphatic hydroxyl groups is 1. The lowest BCUT2D eigenvalue weighted by atomic mass is 9.96. The molecule has 108 valence electrons. The number of nitrogens with one attached hydrogen (secondary N) is 1. The third-order valence-corrected chi connectivity index (χ3v) is 3.62. The molecule has 0 bridgehead atoms. The van der Waals surface area contributed by atoms with Crippen LogP contribution in [0, 0.1) is 12.8 Å². The van der Waals surface area contributed by atoms with E-state index in [9.17, 15) is 5.11 Å². The molecule has 0 spiro atoms. The summed E-state index contributed by atoms with van der Waals surface area (Å²) in [6.07, 6.45) is 1.32. The average molecular weight is 269 g/mol. The maximum atomic E-state index is 10.1. The zero-order chi connectivity index (χ0) is 13.8. The summed E-state index contributed by atoms with van der Waals surface area (Å²) in [4.78, 5) is 0. The second-order valence-corrected chi connectivity index (χ2v) is 5.11. The number of aliphatic hydroxyl groups excluding tert-OH is 1. The van der Waals surface area contributed by atoms with Crippen molar-refractivity contribution in [3.05, 3.63) is 17.5 Å². The van der Waals surface area contributed by atoms with Gasteiger partial charge in [0, 0.05) is 44.9 Å². The van der Waals surface area contributed by atoms with Crippen molar-refractivity contribution in [2.75, 3.05) is 26.9 Å². The summed E-state index contributed by atoms with van der Waals surface area (Å²) in [6.45, 7) is 4.49. The lowest BCUT2D eigenvalue weighted by Gasteiger charge is -2.33. The van der Waals surface area contributed by atoms with E-state index in [0.717, 1.165) is 12.2 Å². The van der Waals surface area contributed by atoms with Gasteiger partial charge in [-0.25, -0.2) is 0 Å². The van der Waals surface area contributed by atoms with E-state index in [2.05, 4.69) is 10.4 Å². The van der Waals surface area contributed by atoms with Crippen LogP contribution in [-0.2, 0) is 23.1 Å². The number of hydrogen-bond acceptors (Lipinski definition) is 5. The molecule has 0 amide bonds. The van der Waals surface area contributed by atoms with Crippen molar-refractivity contribution < 1.29 is 14.6 Å². The fourth-order valence-corrected chi connectivity index (χ4v) is 2.44. The molecule has 1 aromatic heterocycles. The van der Waals surface area contributed by atoms with Gasteiger partial charge in [0.25, 0.3) is 0 Å². The van der Waals surface area contributed by atoms with Crippen molar-refractivity contribution in [2.45, 2.75) is 25.7 Å². The van der Waals surface area contributed by atoms with Gasteiger partial charge in [-0.3, -0.25) is 4.68 Å². The van der Waals surface area contributed by atoms with Gasteiger partial charge in [-0.05, 0) is 6.92 Å². The van der Waals surface area contributed by atoms with Gasteiger partial charge in [0.05, 0.1) is 25.0 Å². The smallest absolute Gasteiger partial charge is 0.107 e. The number of aryl methyl sites for hydroxylation is 2. The van der Waals surface area contributed by atoms with Gasteiger partial charge in [-0.1, -0.05) is 0 Å². The first kappa shape index (κ1) is 14.5. The summed E-state index contributed by atoms with van der Waals surface area (Å²) in [5, 5.41) is 17.8. The Morgan fingerprint density at radius 3 is 3.00 bits per heavy atom. The summed E-state index contributed by atoms with van der Waals surface area (Å²) >= 11 is 0. The van der Waals surface area contributed by atoms with Crippen molar-refractivity contribution in [1.82, 2.24) is 15.1 Å². The van der Waals surface area contributed by atoms with Crippen molar-refractivity contribution in [1.29, 1.82) is 0 Å². The quantitative estimate of drug-likeness (QED) is 0.777. The molecule has 6 nitrogen and oxygen atoms in total. The molecule has 2 N–H and O–H groups in total. The molecule has 0 aliphatic carbocycles. The molecule has 1 aliphatic heterocycles. The van der Waals surface area contributed by atoms with E-state index >= 15 is 0 Å². The van der Waals surface area contributed by atoms with Crippen LogP contribution in [0.4, 0.5) is 0 Å². The van der Waals surface area contributed by atoms with Crippen molar-refractivity contribution in [3.63, 3.8) is 0 Å². The van der Waals surface area contributed by atoms with E-state index in [-0.39, 0.29) is 12.0 Å². The van der Waals surface area contributed by atoms with E-state index in [1.54, 1.807) is 7.11 Å². The molecular weight excluding hydrogens is 246 g/mol. The molecule has 0 unspecified atom stereocenters. The van der Waals surface area contributed by atoms with Crippen LogP contribution in [0.3, 0.4) is 0 Å². The Morgan fingerprint density at radius 2 is 2.37 bits per heavy atom. The Morgan fingerprint density at radius 1 is 1.58 bits per heavy atom. The zero-order valence-corrected chi connectivity index (χ0v) is 11.8. The highest BCUT2D eigenvalue weighted by atomic mass is 16.5. The summed E-state index contributed by atoms with van der Waals surface area (Å²) in [6, 6.07) is 0. The second-order valence-electron chi connectivity index (χ2n) is 5.11. The molecule has 1 saturated heterocycles. The lowest BCUT2D eigenvalue weighted by molar-refractivity contribution is -0.133. The molecular formula is C13H23N3O3. The van der Waals surface area contributed by atoms with Crippen LogP contribution < -0.4 is 5.32 Å². The highest BCUT2D eigenvalue weighted by Gasteiger charge is 2.32. The van der Waals surface area contributed by atoms with E-state index in [4.69, 9.17) is 9.47 Å². The highest BCUT2D eigenvalue weighted by Crippen LogP contribution is 2.17. The van der Waals surface area contributed by atoms with E-state index in [1.165, 1.54) is 5.56 Å². The van der Waals surface area contributed by atoms with E-state index in [1.807, 2.05) is 24.9 Å². The van der Waals surface area contributed by atoms with E-state index in [0.29, 0.717) is 19.8 Å². The van der Waals surface area contributed by atoms with Crippen LogP contribution in [0.5, 0.6) is 0 Å². The first-order valence-corrected chi connectivity index (χ1v) is 6.60. The average Bonchev–Trinajstić information content (AvgIpc) is 2.70. The van der Waals surface area contributed by atoms with E-state index < -0.39 is 6.10 Å². The largest absolute Gasteiger partial charge is 0.390 e. The third kappa shape index (κ3) is 3.54. The van der Waals surface area contributed by atoms with Crippen LogP contribution in [0.2, 0.25) is 0 Å². The van der Waals surface area contributed by atoms with Crippen LogP contribution in [0.15, 0.2) is 6.20 Å². The number of ether oxygens (including phenoxy) is 2. The molecule has 2 heterocycles. The summed E-state index contributed by atoms with van der Waals surface area (Å²) < 4.78 is 12.5. The number of rotatable bonds is 5. The number of methoxy groups -OCH3 is 1. The minimum atomic E-state index is -0.471. The Labute approximate surface area is 113 Å². The standard InChI is InChI=1S/C13H23N3O3/c1-9-10(6-16(2)15-9)4-14-5-11-7-19-8-12(18-3)13(11)17/h6,11-14,17H,4-5,7-8H2,1-3H3/t11-,12-,13+/m1/s1. The molecule has 0 radical (unpaired) electrons. The van der Waals surface area contributed by atoms with Gasteiger partial charge >= 0.3 is 0 Å². The fourth-order valence-electron chi connectivity index (χ4n) is 2.44. The number of hydrogen-bond donors (Lipinski definition) is 2. The molecule has 1 aliphatic rings. The van der Waals surface area contributed by atoms with Crippen LogP contribution in [-0.4, -0.2) is 54.0 Å². The SMILES string of the molecule is CO[C@@H]1COC[C@@H](CNCc2cn(C)nc2C)[C@@H]1O. The maximum absolute atomic E-state index is 10.1. The van der Waals surface area contributed by atoms with Crippen molar-refractivity contribution in [3.8, 4) is 0 Å². The first-order valence-electron chi connectivity index (χ1n) is 6.60. The lowest BCUT2D eigenvalue weighted by Crippen LogP contribution is -2.48. The molecule has 0 aromatic carbocycles. The Kier molecular flexibility index (Phi) is 4.93. The molecule has 2 rings (SSSR count). The predicted molar refractivity (Wildman–Crippen MR) is 70.8 cm³/mol. The van der Waals surface area contributed by atoms with Gasteiger partial charge in [0.2, 0.25) is 0 Å².